The van der Waals surface area contributed by atoms with Gasteiger partial charge in [0.25, 0.3) is 5.91 Å². The van der Waals surface area contributed by atoms with Crippen LogP contribution >= 0.6 is 11.6 Å². The van der Waals surface area contributed by atoms with E-state index in [9.17, 15) is 18.8 Å². The van der Waals surface area contributed by atoms with E-state index in [-0.39, 0.29) is 40.3 Å². The summed E-state index contributed by atoms with van der Waals surface area (Å²) in [6.07, 6.45) is 2.66. The quantitative estimate of drug-likeness (QED) is 0.701. The number of carbonyl (C=O) groups excluding carboxylic acids is 3. The van der Waals surface area contributed by atoms with Crippen molar-refractivity contribution in [2.75, 3.05) is 5.01 Å². The lowest BCUT2D eigenvalue weighted by Gasteiger charge is -2.22. The molecule has 1 heterocycles. The third kappa shape index (κ3) is 4.10. The van der Waals surface area contributed by atoms with Crippen LogP contribution in [0.3, 0.4) is 0 Å². The minimum absolute atomic E-state index is 0.0162. The molecule has 0 unspecified atom stereocenters. The SMILES string of the molecule is CC(C)C1=CC(Oc2c(F)cc(N3N=C(C#N)C(=O)CC3=O)cc2Cl)=CCC1=O. The third-order valence-corrected chi connectivity index (χ3v) is 4.58. The van der Waals surface area contributed by atoms with Crippen LogP contribution in [0.5, 0.6) is 5.75 Å². The highest BCUT2D eigenvalue weighted by molar-refractivity contribution is 6.50. The molecule has 2 aliphatic rings. The van der Waals surface area contributed by atoms with Gasteiger partial charge in [0.2, 0.25) is 11.5 Å². The van der Waals surface area contributed by atoms with E-state index in [1.165, 1.54) is 12.1 Å². The molecule has 0 spiro atoms. The maximum absolute atomic E-state index is 14.7. The molecule has 1 aromatic carbocycles. The van der Waals surface area contributed by atoms with E-state index in [1.807, 2.05) is 13.8 Å². The van der Waals surface area contributed by atoms with Crippen LogP contribution in [-0.4, -0.2) is 23.2 Å². The van der Waals surface area contributed by atoms with Crippen LogP contribution in [0.1, 0.15) is 26.7 Å². The van der Waals surface area contributed by atoms with Gasteiger partial charge in [0, 0.05) is 18.1 Å². The summed E-state index contributed by atoms with van der Waals surface area (Å²) in [5, 5.41) is 13.2. The molecule has 9 heteroatoms. The highest BCUT2D eigenvalue weighted by Crippen LogP contribution is 2.36. The Morgan fingerprint density at radius 2 is 2.00 bits per heavy atom. The van der Waals surface area contributed by atoms with E-state index < -0.39 is 29.6 Å². The fourth-order valence-corrected chi connectivity index (χ4v) is 3.08. The van der Waals surface area contributed by atoms with Gasteiger partial charge in [0.15, 0.2) is 17.3 Å². The van der Waals surface area contributed by atoms with Crippen LogP contribution in [0.4, 0.5) is 10.1 Å². The van der Waals surface area contributed by atoms with Crippen LogP contribution in [0.2, 0.25) is 5.02 Å². The van der Waals surface area contributed by atoms with Crippen LogP contribution in [0, 0.1) is 23.1 Å². The zero-order valence-electron chi connectivity index (χ0n) is 15.5. The summed E-state index contributed by atoms with van der Waals surface area (Å²) < 4.78 is 20.2. The standard InChI is InChI=1S/C20H15ClFN3O4/c1-10(2)13-7-12(3-4-17(13)26)29-20-14(21)5-11(6-15(20)22)25-19(28)8-18(27)16(9-23)24-25/h3,5-7,10H,4,8H2,1-2H3. The number of nitriles is 1. The van der Waals surface area contributed by atoms with Gasteiger partial charge in [-0.2, -0.15) is 15.4 Å². The number of allylic oxidation sites excluding steroid dienone is 3. The third-order valence-electron chi connectivity index (χ3n) is 4.30. The Balaban J connectivity index is 1.92. The van der Waals surface area contributed by atoms with Crippen molar-refractivity contribution in [2.45, 2.75) is 26.7 Å². The van der Waals surface area contributed by atoms with Crippen molar-refractivity contribution in [3.05, 3.63) is 46.5 Å². The second kappa shape index (κ2) is 7.97. The summed E-state index contributed by atoms with van der Waals surface area (Å²) >= 11 is 6.15. The summed E-state index contributed by atoms with van der Waals surface area (Å²) in [6, 6.07) is 3.81. The molecule has 0 saturated heterocycles. The number of amides is 1. The molecule has 148 valence electrons. The summed E-state index contributed by atoms with van der Waals surface area (Å²) in [5.74, 6) is -2.33. The zero-order valence-corrected chi connectivity index (χ0v) is 16.3. The van der Waals surface area contributed by atoms with Crippen molar-refractivity contribution >= 4 is 40.5 Å². The molecule has 1 aliphatic heterocycles. The number of hydrogen-bond acceptors (Lipinski definition) is 6. The summed E-state index contributed by atoms with van der Waals surface area (Å²) in [7, 11) is 0. The number of nitrogens with zero attached hydrogens (tertiary/aromatic N) is 3. The first-order valence-electron chi connectivity index (χ1n) is 8.68. The second-order valence-electron chi connectivity index (χ2n) is 6.69. The molecule has 29 heavy (non-hydrogen) atoms. The van der Waals surface area contributed by atoms with Crippen molar-refractivity contribution in [3.8, 4) is 11.8 Å². The fraction of sp³-hybridized carbons (Fsp3) is 0.250. The van der Waals surface area contributed by atoms with Crippen molar-refractivity contribution < 1.29 is 23.5 Å². The lowest BCUT2D eigenvalue weighted by Crippen LogP contribution is -2.36. The van der Waals surface area contributed by atoms with Gasteiger partial charge in [0.1, 0.15) is 11.8 Å². The molecule has 7 nitrogen and oxygen atoms in total. The maximum Gasteiger partial charge on any atom is 0.255 e. The van der Waals surface area contributed by atoms with Gasteiger partial charge in [-0.15, -0.1) is 0 Å². The average molecular weight is 416 g/mol. The van der Waals surface area contributed by atoms with E-state index in [0.29, 0.717) is 5.57 Å². The van der Waals surface area contributed by atoms with Crippen LogP contribution < -0.4 is 9.75 Å². The molecular weight excluding hydrogens is 401 g/mol. The van der Waals surface area contributed by atoms with Crippen molar-refractivity contribution in [1.82, 2.24) is 0 Å². The van der Waals surface area contributed by atoms with Gasteiger partial charge in [-0.3, -0.25) is 14.4 Å². The van der Waals surface area contributed by atoms with Gasteiger partial charge in [-0.25, -0.2) is 4.39 Å². The fourth-order valence-electron chi connectivity index (χ4n) is 2.84. The van der Waals surface area contributed by atoms with Gasteiger partial charge >= 0.3 is 0 Å². The Morgan fingerprint density at radius 3 is 2.62 bits per heavy atom. The Labute approximate surface area is 170 Å². The lowest BCUT2D eigenvalue weighted by molar-refractivity contribution is -0.124. The van der Waals surface area contributed by atoms with E-state index in [2.05, 4.69) is 5.10 Å². The summed E-state index contributed by atoms with van der Waals surface area (Å²) in [4.78, 5) is 35.6. The lowest BCUT2D eigenvalue weighted by atomic mass is 9.93. The molecule has 0 N–H and O–H groups in total. The number of Topliss-reactive ketones (excluding diaryl/α,β-unsaturated/α-hetero) is 2. The van der Waals surface area contributed by atoms with Crippen molar-refractivity contribution in [3.63, 3.8) is 0 Å². The molecule has 0 fully saturated rings. The molecule has 0 aromatic heterocycles. The van der Waals surface area contributed by atoms with Gasteiger partial charge in [-0.05, 0) is 24.1 Å². The Morgan fingerprint density at radius 1 is 1.28 bits per heavy atom. The minimum atomic E-state index is -0.872. The first-order chi connectivity index (χ1) is 13.7. The number of hydrazone groups is 1. The highest BCUT2D eigenvalue weighted by atomic mass is 35.5. The summed E-state index contributed by atoms with van der Waals surface area (Å²) in [5.41, 5.74) is 0.0683. The monoisotopic (exact) mass is 415 g/mol. The number of halogens is 2. The number of carbonyl (C=O) groups is 3. The Bertz CT molecular complexity index is 1040. The largest absolute Gasteiger partial charge is 0.453 e. The van der Waals surface area contributed by atoms with E-state index >= 15 is 0 Å². The number of ketones is 2. The molecule has 1 amide bonds. The molecule has 0 bridgehead atoms. The van der Waals surface area contributed by atoms with E-state index in [4.69, 9.17) is 21.6 Å². The predicted molar refractivity (Wildman–Crippen MR) is 103 cm³/mol. The predicted octanol–water partition coefficient (Wildman–Crippen LogP) is 3.48. The van der Waals surface area contributed by atoms with Crippen LogP contribution in [-0.2, 0) is 14.4 Å². The van der Waals surface area contributed by atoms with Crippen molar-refractivity contribution in [1.29, 1.82) is 5.26 Å². The molecule has 0 saturated carbocycles. The first-order valence-corrected chi connectivity index (χ1v) is 9.05. The Kier molecular flexibility index (Phi) is 5.62. The number of anilines is 1. The highest BCUT2D eigenvalue weighted by Gasteiger charge is 2.30. The molecular formula is C20H15ClFN3O4. The van der Waals surface area contributed by atoms with Crippen molar-refractivity contribution in [2.24, 2.45) is 11.0 Å². The summed E-state index contributed by atoms with van der Waals surface area (Å²) in [6.45, 7) is 3.73. The zero-order chi connectivity index (χ0) is 21.3. The molecule has 1 aromatic rings. The van der Waals surface area contributed by atoms with Crippen LogP contribution in [0.25, 0.3) is 0 Å². The minimum Gasteiger partial charge on any atom is -0.453 e. The molecule has 0 atom stereocenters. The van der Waals surface area contributed by atoms with E-state index in [0.717, 1.165) is 11.1 Å². The second-order valence-corrected chi connectivity index (χ2v) is 7.10. The van der Waals surface area contributed by atoms with Gasteiger partial charge in [-0.1, -0.05) is 25.4 Å². The number of hydrogen-bond donors (Lipinski definition) is 0. The Hall–Kier alpha value is -3.31. The number of ether oxygens (including phenoxy) is 1. The number of benzene rings is 1. The average Bonchev–Trinajstić information content (AvgIpc) is 2.65. The topological polar surface area (TPSA) is 99.8 Å². The van der Waals surface area contributed by atoms with Gasteiger partial charge < -0.3 is 4.74 Å². The molecule has 0 radical (unpaired) electrons. The molecule has 1 aliphatic carbocycles. The first kappa shape index (κ1) is 20.4. The molecule has 3 rings (SSSR count). The maximum atomic E-state index is 14.7. The van der Waals surface area contributed by atoms with E-state index in [1.54, 1.807) is 12.1 Å². The van der Waals surface area contributed by atoms with Crippen LogP contribution in [0.15, 0.2) is 40.7 Å². The normalized spacial score (nSPS) is 17.0. The number of rotatable bonds is 4. The van der Waals surface area contributed by atoms with Gasteiger partial charge in [0.05, 0.1) is 17.1 Å². The smallest absolute Gasteiger partial charge is 0.255 e.